The molecule has 0 saturated heterocycles. The molecule has 5 rings (SSSR count). The van der Waals surface area contributed by atoms with E-state index in [4.69, 9.17) is 0 Å². The van der Waals surface area contributed by atoms with Crippen molar-refractivity contribution >= 4 is 17.2 Å². The van der Waals surface area contributed by atoms with E-state index < -0.39 is 58.8 Å². The summed E-state index contributed by atoms with van der Waals surface area (Å²) in [5.74, 6) is -7.52. The number of hydrogen-bond donors (Lipinski definition) is 1. The highest BCUT2D eigenvalue weighted by Crippen LogP contribution is 2.33. The van der Waals surface area contributed by atoms with E-state index in [-0.39, 0.29) is 23.1 Å². The summed E-state index contributed by atoms with van der Waals surface area (Å²) in [5, 5.41) is 9.95. The van der Waals surface area contributed by atoms with Gasteiger partial charge in [-0.25, -0.2) is 27.1 Å². The predicted octanol–water partition coefficient (Wildman–Crippen LogP) is 6.09. The first kappa shape index (κ1) is 26.8. The number of alkyl halides is 3. The number of fused-ring (bicyclic) bond motifs is 1. The standard InChI is InChI=1S/C26H17F7N6O/c1-12-3-4-14(5-13(12)2)19-7-21(26(31,32)33)39-22(36-19)8-20(37-39)25(40)35-15-9-34-38(10-15)11-16-17(27)6-18(28)24(30)23(16)29/h3-10H,11H2,1-2H3,(H,35,40). The van der Waals surface area contributed by atoms with Crippen molar-refractivity contribution in [1.82, 2.24) is 24.4 Å². The molecule has 3 heterocycles. The highest BCUT2D eigenvalue weighted by molar-refractivity contribution is 6.03. The second kappa shape index (κ2) is 9.77. The summed E-state index contributed by atoms with van der Waals surface area (Å²) in [6.45, 7) is 3.04. The van der Waals surface area contributed by atoms with Crippen LogP contribution in [-0.2, 0) is 12.7 Å². The normalized spacial score (nSPS) is 11.8. The molecule has 0 bridgehead atoms. The zero-order chi connectivity index (χ0) is 28.9. The monoisotopic (exact) mass is 562 g/mol. The van der Waals surface area contributed by atoms with E-state index in [1.54, 1.807) is 18.2 Å². The fraction of sp³-hybridized carbons (Fsp3) is 0.154. The molecule has 5 aromatic rings. The van der Waals surface area contributed by atoms with Gasteiger partial charge in [-0.1, -0.05) is 12.1 Å². The van der Waals surface area contributed by atoms with Gasteiger partial charge in [0.1, 0.15) is 5.82 Å². The van der Waals surface area contributed by atoms with Crippen molar-refractivity contribution in [2.45, 2.75) is 26.6 Å². The maximum Gasteiger partial charge on any atom is 0.433 e. The minimum Gasteiger partial charge on any atom is -0.318 e. The second-order valence-corrected chi connectivity index (χ2v) is 8.95. The average molecular weight is 562 g/mol. The van der Waals surface area contributed by atoms with Gasteiger partial charge in [0.25, 0.3) is 5.91 Å². The molecular formula is C26H17F7N6O. The number of halogens is 7. The van der Waals surface area contributed by atoms with Gasteiger partial charge in [0.2, 0.25) is 0 Å². The van der Waals surface area contributed by atoms with Crippen molar-refractivity contribution < 1.29 is 35.5 Å². The summed E-state index contributed by atoms with van der Waals surface area (Å²) < 4.78 is 97.8. The Kier molecular flexibility index (Phi) is 6.56. The van der Waals surface area contributed by atoms with Crippen molar-refractivity contribution in [3.05, 3.63) is 100 Å². The van der Waals surface area contributed by atoms with Crippen LogP contribution in [0.15, 0.2) is 48.8 Å². The lowest BCUT2D eigenvalue weighted by Crippen LogP contribution is -2.15. The number of rotatable bonds is 5. The van der Waals surface area contributed by atoms with Crippen LogP contribution in [0.2, 0.25) is 0 Å². The Hall–Kier alpha value is -4.75. The summed E-state index contributed by atoms with van der Waals surface area (Å²) in [4.78, 5) is 17.1. The highest BCUT2D eigenvalue weighted by Gasteiger charge is 2.35. The molecule has 1 N–H and O–H groups in total. The molecule has 1 amide bonds. The number of anilines is 1. The molecule has 0 saturated carbocycles. The van der Waals surface area contributed by atoms with E-state index in [2.05, 4.69) is 20.5 Å². The molecule has 40 heavy (non-hydrogen) atoms. The Morgan fingerprint density at radius 2 is 1.70 bits per heavy atom. The number of nitrogens with one attached hydrogen (secondary N) is 1. The Bertz CT molecular complexity index is 1790. The summed E-state index contributed by atoms with van der Waals surface area (Å²) in [5.41, 5.74) is -0.292. The van der Waals surface area contributed by atoms with Crippen LogP contribution in [0.1, 0.15) is 32.9 Å². The number of hydrogen-bond acceptors (Lipinski definition) is 4. The summed E-state index contributed by atoms with van der Waals surface area (Å²) in [7, 11) is 0. The van der Waals surface area contributed by atoms with Gasteiger partial charge >= 0.3 is 6.18 Å². The van der Waals surface area contributed by atoms with Crippen LogP contribution in [0.3, 0.4) is 0 Å². The number of benzene rings is 2. The summed E-state index contributed by atoms with van der Waals surface area (Å²) in [6.07, 6.45) is -2.60. The van der Waals surface area contributed by atoms with Gasteiger partial charge in [-0.15, -0.1) is 0 Å². The molecule has 0 radical (unpaired) electrons. The Morgan fingerprint density at radius 1 is 0.950 bits per heavy atom. The van der Waals surface area contributed by atoms with Crippen LogP contribution in [0.5, 0.6) is 0 Å². The maximum absolute atomic E-state index is 14.0. The lowest BCUT2D eigenvalue weighted by atomic mass is 10.0. The molecule has 7 nitrogen and oxygen atoms in total. The number of amides is 1. The van der Waals surface area contributed by atoms with Crippen LogP contribution in [0, 0.1) is 37.1 Å². The maximum atomic E-state index is 14.0. The minimum absolute atomic E-state index is 0.00900. The van der Waals surface area contributed by atoms with Gasteiger partial charge in [-0.2, -0.15) is 23.4 Å². The molecule has 3 aromatic heterocycles. The lowest BCUT2D eigenvalue weighted by molar-refractivity contribution is -0.142. The number of nitrogens with zero attached hydrogens (tertiary/aromatic N) is 5. The molecule has 206 valence electrons. The molecule has 14 heteroatoms. The van der Waals surface area contributed by atoms with Gasteiger partial charge in [0.05, 0.1) is 24.1 Å². The molecule has 0 atom stereocenters. The van der Waals surface area contributed by atoms with E-state index in [1.165, 1.54) is 0 Å². The van der Waals surface area contributed by atoms with Gasteiger partial charge < -0.3 is 5.32 Å². The van der Waals surface area contributed by atoms with Crippen LogP contribution in [0.4, 0.5) is 36.4 Å². The largest absolute Gasteiger partial charge is 0.433 e. The topological polar surface area (TPSA) is 77.1 Å². The first-order chi connectivity index (χ1) is 18.8. The van der Waals surface area contributed by atoms with E-state index in [0.717, 1.165) is 40.3 Å². The summed E-state index contributed by atoms with van der Waals surface area (Å²) in [6, 6.07) is 7.21. The van der Waals surface area contributed by atoms with Crippen molar-refractivity contribution in [2.75, 3.05) is 5.32 Å². The Morgan fingerprint density at radius 3 is 2.40 bits per heavy atom. The third-order valence-electron chi connectivity index (χ3n) is 6.17. The zero-order valence-electron chi connectivity index (χ0n) is 20.6. The van der Waals surface area contributed by atoms with Crippen molar-refractivity contribution in [3.63, 3.8) is 0 Å². The molecule has 2 aromatic carbocycles. The number of carbonyl (C=O) groups excluding carboxylic acids is 1. The zero-order valence-corrected chi connectivity index (χ0v) is 20.6. The number of aromatic nitrogens is 5. The molecule has 0 aliphatic heterocycles. The molecule has 0 aliphatic carbocycles. The van der Waals surface area contributed by atoms with Gasteiger partial charge in [-0.3, -0.25) is 9.48 Å². The van der Waals surface area contributed by atoms with E-state index in [9.17, 15) is 35.5 Å². The van der Waals surface area contributed by atoms with Gasteiger partial charge in [0, 0.05) is 29.5 Å². The van der Waals surface area contributed by atoms with Crippen LogP contribution in [0.25, 0.3) is 16.9 Å². The molecule has 0 spiro atoms. The van der Waals surface area contributed by atoms with Crippen LogP contribution < -0.4 is 5.32 Å². The lowest BCUT2D eigenvalue weighted by Gasteiger charge is -2.11. The molecule has 0 aliphatic rings. The number of carbonyl (C=O) groups is 1. The van der Waals surface area contributed by atoms with Crippen LogP contribution in [-0.4, -0.2) is 30.3 Å². The van der Waals surface area contributed by atoms with Gasteiger partial charge in [0.15, 0.2) is 34.5 Å². The van der Waals surface area contributed by atoms with E-state index >= 15 is 0 Å². The smallest absolute Gasteiger partial charge is 0.318 e. The molecule has 0 unspecified atom stereocenters. The number of aryl methyl sites for hydroxylation is 2. The average Bonchev–Trinajstić information content (AvgIpc) is 3.52. The molecular weight excluding hydrogens is 545 g/mol. The van der Waals surface area contributed by atoms with E-state index in [1.807, 2.05) is 13.8 Å². The summed E-state index contributed by atoms with van der Waals surface area (Å²) >= 11 is 0. The molecule has 0 fully saturated rings. The predicted molar refractivity (Wildman–Crippen MR) is 128 cm³/mol. The SMILES string of the molecule is Cc1ccc(-c2cc(C(F)(F)F)n3nc(C(=O)Nc4cnn(Cc5c(F)cc(F)c(F)c5F)c4)cc3n2)cc1C. The van der Waals surface area contributed by atoms with Crippen molar-refractivity contribution in [1.29, 1.82) is 0 Å². The Labute approximate surface area is 220 Å². The first-order valence-corrected chi connectivity index (χ1v) is 11.5. The Balaban J connectivity index is 1.43. The third-order valence-corrected chi connectivity index (χ3v) is 6.17. The van der Waals surface area contributed by atoms with Gasteiger partial charge in [-0.05, 0) is 37.1 Å². The quantitative estimate of drug-likeness (QED) is 0.160. The highest BCUT2D eigenvalue weighted by atomic mass is 19.4. The van der Waals surface area contributed by atoms with E-state index in [0.29, 0.717) is 10.1 Å². The first-order valence-electron chi connectivity index (χ1n) is 11.5. The second-order valence-electron chi connectivity index (χ2n) is 8.95. The minimum atomic E-state index is -4.82. The van der Waals surface area contributed by atoms with Crippen molar-refractivity contribution in [3.8, 4) is 11.3 Å². The fourth-order valence-electron chi connectivity index (χ4n) is 3.96. The van der Waals surface area contributed by atoms with Crippen LogP contribution >= 0.6 is 0 Å². The van der Waals surface area contributed by atoms with Crippen molar-refractivity contribution in [2.24, 2.45) is 0 Å². The fourth-order valence-corrected chi connectivity index (χ4v) is 3.96. The third kappa shape index (κ3) is 4.99.